The Morgan fingerprint density at radius 1 is 0.815 bits per heavy atom. The number of benzene rings is 2. The van der Waals surface area contributed by atoms with Crippen LogP contribution in [0.4, 0.5) is 0 Å². The van der Waals surface area contributed by atoms with Crippen LogP contribution in [0.15, 0.2) is 35.8 Å². The molecule has 0 bridgehead atoms. The van der Waals surface area contributed by atoms with Crippen molar-refractivity contribution in [1.82, 2.24) is 0 Å². The topological polar surface area (TPSA) is 55.8 Å². The third-order valence-electron chi connectivity index (χ3n) is 3.18. The zero-order valence-corrected chi connectivity index (χ0v) is 18.0. The molecule has 0 atom stereocenters. The van der Waals surface area contributed by atoms with Gasteiger partial charge in [0.15, 0.2) is 11.5 Å². The van der Waals surface area contributed by atoms with E-state index in [0.717, 1.165) is 0 Å². The minimum Gasteiger partial charge on any atom is -0.480 e. The minimum atomic E-state index is -0.928. The molecule has 0 spiro atoms. The van der Waals surface area contributed by atoms with Gasteiger partial charge < -0.3 is 14.6 Å². The average molecular weight is 491 g/mol. The highest BCUT2D eigenvalue weighted by atomic mass is 35.5. The van der Waals surface area contributed by atoms with Crippen molar-refractivity contribution in [1.29, 1.82) is 0 Å². The number of carbonyl (C=O) groups is 1. The third-order valence-corrected chi connectivity index (χ3v) is 4.74. The zero-order valence-electron chi connectivity index (χ0n) is 13.5. The van der Waals surface area contributed by atoms with E-state index in [9.17, 15) is 9.90 Å². The lowest BCUT2D eigenvalue weighted by Crippen LogP contribution is -2.16. The highest BCUT2D eigenvalue weighted by molar-refractivity contribution is 6.41. The zero-order chi connectivity index (χ0) is 20.3. The summed E-state index contributed by atoms with van der Waals surface area (Å²) in [6, 6.07) is 5.46. The first-order valence-corrected chi connectivity index (χ1v) is 9.52. The van der Waals surface area contributed by atoms with Crippen molar-refractivity contribution in [2.45, 2.75) is 13.3 Å². The fourth-order valence-electron chi connectivity index (χ4n) is 1.95. The van der Waals surface area contributed by atoms with Gasteiger partial charge >= 0.3 is 5.97 Å². The van der Waals surface area contributed by atoms with E-state index >= 15 is 0 Å². The quantitative estimate of drug-likeness (QED) is 0.201. The minimum absolute atomic E-state index is 0.0282. The van der Waals surface area contributed by atoms with Crippen LogP contribution in [0.3, 0.4) is 0 Å². The van der Waals surface area contributed by atoms with E-state index in [1.807, 2.05) is 0 Å². The van der Waals surface area contributed by atoms with Gasteiger partial charge in [0, 0.05) is 10.0 Å². The van der Waals surface area contributed by atoms with Crippen LogP contribution >= 0.6 is 69.6 Å². The molecule has 27 heavy (non-hydrogen) atoms. The van der Waals surface area contributed by atoms with Crippen molar-refractivity contribution < 1.29 is 19.4 Å². The van der Waals surface area contributed by atoms with Crippen LogP contribution < -0.4 is 9.47 Å². The van der Waals surface area contributed by atoms with Crippen LogP contribution in [0.25, 0.3) is 0 Å². The predicted molar refractivity (Wildman–Crippen MR) is 109 cm³/mol. The number of ether oxygens (including phenoxy) is 2. The van der Waals surface area contributed by atoms with Crippen LogP contribution in [0, 0.1) is 0 Å². The Morgan fingerprint density at radius 3 is 1.56 bits per heavy atom. The second-order valence-electron chi connectivity index (χ2n) is 5.03. The number of aliphatic hydroxyl groups is 1. The number of hydrogen-bond donors (Lipinski definition) is 1. The van der Waals surface area contributed by atoms with Crippen molar-refractivity contribution in [2.24, 2.45) is 0 Å². The van der Waals surface area contributed by atoms with Gasteiger partial charge in [0.2, 0.25) is 0 Å². The molecule has 0 aliphatic carbocycles. The van der Waals surface area contributed by atoms with Crippen molar-refractivity contribution in [2.75, 3.05) is 0 Å². The van der Waals surface area contributed by atoms with Crippen molar-refractivity contribution in [3.63, 3.8) is 0 Å². The van der Waals surface area contributed by atoms with Gasteiger partial charge in [0.25, 0.3) is 5.95 Å². The molecule has 1 N–H and O–H groups in total. The van der Waals surface area contributed by atoms with E-state index in [1.54, 1.807) is 6.92 Å². The molecule has 0 saturated carbocycles. The normalized spacial score (nSPS) is 11.8. The standard InChI is InChI=1S/C17H10Cl6O4/c1-2-9(16(24)26-14-10(20)3-7(18)4-11(14)21)17(25)27-15-12(22)5-8(19)6-13(15)23/h3-6,24H,2H2,1H3/b16-9+. The second kappa shape index (κ2) is 9.46. The molecule has 0 aliphatic rings. The fourth-order valence-corrected chi connectivity index (χ4v) is 3.74. The number of hydrogen-bond acceptors (Lipinski definition) is 4. The molecule has 0 radical (unpaired) electrons. The molecule has 144 valence electrons. The van der Waals surface area contributed by atoms with Crippen LogP contribution in [-0.2, 0) is 4.79 Å². The monoisotopic (exact) mass is 488 g/mol. The first-order valence-electron chi connectivity index (χ1n) is 7.25. The Balaban J connectivity index is 2.33. The van der Waals surface area contributed by atoms with Crippen molar-refractivity contribution in [3.8, 4) is 11.5 Å². The van der Waals surface area contributed by atoms with E-state index in [2.05, 4.69) is 0 Å². The number of carbonyl (C=O) groups excluding carboxylic acids is 1. The van der Waals surface area contributed by atoms with Gasteiger partial charge in [-0.15, -0.1) is 0 Å². The first kappa shape index (κ1) is 22.3. The third kappa shape index (κ3) is 5.50. The van der Waals surface area contributed by atoms with Gasteiger partial charge in [-0.25, -0.2) is 4.79 Å². The molecule has 10 heteroatoms. The van der Waals surface area contributed by atoms with E-state index in [0.29, 0.717) is 0 Å². The molecule has 0 amide bonds. The maximum Gasteiger partial charge on any atom is 0.346 e. The number of rotatable bonds is 5. The summed E-state index contributed by atoms with van der Waals surface area (Å²) in [6.45, 7) is 1.60. The summed E-state index contributed by atoms with van der Waals surface area (Å²) in [7, 11) is 0. The number of aliphatic hydroxyl groups excluding tert-OH is 1. The Labute approximate surface area is 185 Å². The van der Waals surface area contributed by atoms with E-state index in [4.69, 9.17) is 79.1 Å². The van der Waals surface area contributed by atoms with Crippen LogP contribution in [-0.4, -0.2) is 11.1 Å². The lowest BCUT2D eigenvalue weighted by molar-refractivity contribution is -0.130. The molecular weight excluding hydrogens is 481 g/mol. The molecule has 0 aliphatic heterocycles. The van der Waals surface area contributed by atoms with Gasteiger partial charge in [0.05, 0.1) is 20.1 Å². The summed E-state index contributed by atoms with van der Waals surface area (Å²) >= 11 is 35.6. The molecule has 0 heterocycles. The van der Waals surface area contributed by atoms with Crippen LogP contribution in [0.5, 0.6) is 11.5 Å². The summed E-state index contributed by atoms with van der Waals surface area (Å²) < 4.78 is 10.4. The molecule has 0 saturated heterocycles. The molecule has 2 aromatic carbocycles. The average Bonchev–Trinajstić information content (AvgIpc) is 2.55. The molecular formula is C17H10Cl6O4. The van der Waals surface area contributed by atoms with E-state index < -0.39 is 11.9 Å². The Hall–Kier alpha value is -1.01. The number of esters is 1. The van der Waals surface area contributed by atoms with Gasteiger partial charge in [-0.2, -0.15) is 0 Å². The fraction of sp³-hybridized carbons (Fsp3) is 0.118. The molecule has 2 rings (SSSR count). The summed E-state index contributed by atoms with van der Waals surface area (Å²) in [5.41, 5.74) is -0.195. The summed E-state index contributed by atoms with van der Waals surface area (Å²) in [6.07, 6.45) is 0.0658. The molecule has 4 nitrogen and oxygen atoms in total. The molecule has 0 aromatic heterocycles. The Kier molecular flexibility index (Phi) is 7.81. The second-order valence-corrected chi connectivity index (χ2v) is 7.53. The maximum atomic E-state index is 12.4. The SMILES string of the molecule is CC/C(C(=O)Oc1c(Cl)cc(Cl)cc1Cl)=C(/O)Oc1c(Cl)cc(Cl)cc1Cl. The van der Waals surface area contributed by atoms with E-state index in [-0.39, 0.29) is 53.6 Å². The highest BCUT2D eigenvalue weighted by Gasteiger charge is 2.22. The van der Waals surface area contributed by atoms with Crippen LogP contribution in [0.1, 0.15) is 13.3 Å². The van der Waals surface area contributed by atoms with Crippen LogP contribution in [0.2, 0.25) is 30.1 Å². The van der Waals surface area contributed by atoms with Crippen molar-refractivity contribution >= 4 is 75.6 Å². The molecule has 2 aromatic rings. The van der Waals surface area contributed by atoms with Crippen molar-refractivity contribution in [3.05, 3.63) is 65.9 Å². The Bertz CT molecular complexity index is 880. The first-order chi connectivity index (χ1) is 12.6. The highest BCUT2D eigenvalue weighted by Crippen LogP contribution is 2.38. The van der Waals surface area contributed by atoms with Gasteiger partial charge in [0.1, 0.15) is 5.57 Å². The summed E-state index contributed by atoms with van der Waals surface area (Å²) in [4.78, 5) is 12.4. The van der Waals surface area contributed by atoms with E-state index in [1.165, 1.54) is 24.3 Å². The molecule has 0 unspecified atom stereocenters. The largest absolute Gasteiger partial charge is 0.480 e. The van der Waals surface area contributed by atoms with Gasteiger partial charge in [-0.1, -0.05) is 76.5 Å². The number of halogens is 6. The summed E-state index contributed by atoms with van der Waals surface area (Å²) in [5.74, 6) is -1.84. The summed E-state index contributed by atoms with van der Waals surface area (Å²) in [5, 5.41) is 10.9. The molecule has 0 fully saturated rings. The van der Waals surface area contributed by atoms with Gasteiger partial charge in [-0.05, 0) is 30.7 Å². The smallest absolute Gasteiger partial charge is 0.346 e. The Morgan fingerprint density at radius 2 is 1.19 bits per heavy atom. The maximum absolute atomic E-state index is 12.4. The predicted octanol–water partition coefficient (Wildman–Crippen LogP) is 7.77. The van der Waals surface area contributed by atoms with Gasteiger partial charge in [-0.3, -0.25) is 0 Å². The lowest BCUT2D eigenvalue weighted by atomic mass is 10.2. The lowest BCUT2D eigenvalue weighted by Gasteiger charge is -2.13.